The zero-order chi connectivity index (χ0) is 28.4. The van der Waals surface area contributed by atoms with Crippen LogP contribution in [0.5, 0.6) is 0 Å². The van der Waals surface area contributed by atoms with Gasteiger partial charge in [-0.25, -0.2) is 0 Å². The van der Waals surface area contributed by atoms with Gasteiger partial charge < -0.3 is 28.8 Å². The minimum absolute atomic E-state index is 0.357. The van der Waals surface area contributed by atoms with Gasteiger partial charge in [0.2, 0.25) is 0 Å². The van der Waals surface area contributed by atoms with E-state index in [2.05, 4.69) is 19.6 Å². The molecule has 0 spiro atoms. The summed E-state index contributed by atoms with van der Waals surface area (Å²) < 4.78 is 32.5. The van der Waals surface area contributed by atoms with Crippen molar-refractivity contribution in [2.75, 3.05) is 6.61 Å². The maximum atomic E-state index is 10.9. The van der Waals surface area contributed by atoms with Gasteiger partial charge in [-0.15, -0.1) is 0 Å². The molecule has 0 bridgehead atoms. The second-order valence-corrected chi connectivity index (χ2v) is 17.3. The molecule has 7 heteroatoms. The maximum absolute atomic E-state index is 10.9. The second-order valence-electron chi connectivity index (χ2n) is 11.7. The van der Waals surface area contributed by atoms with Gasteiger partial charge in [-0.2, -0.15) is 0 Å². The summed E-state index contributed by atoms with van der Waals surface area (Å²) in [7, 11) is -1.34. The molecular formula is C33H44O6Si. The Morgan fingerprint density at radius 3 is 1.50 bits per heavy atom. The van der Waals surface area contributed by atoms with Gasteiger partial charge in [0.25, 0.3) is 0 Å². The smallest absolute Gasteiger partial charge is 0.186 e. The first-order valence-corrected chi connectivity index (χ1v) is 17.9. The second kappa shape index (κ2) is 15.0. The van der Waals surface area contributed by atoms with Crippen molar-refractivity contribution in [3.63, 3.8) is 0 Å². The summed E-state index contributed by atoms with van der Waals surface area (Å²) in [6.45, 7) is 10.3. The van der Waals surface area contributed by atoms with E-state index in [9.17, 15) is 5.11 Å². The highest BCUT2D eigenvalue weighted by molar-refractivity contribution is 6.76. The third-order valence-corrected chi connectivity index (χ3v) is 8.70. The molecule has 0 saturated carbocycles. The fourth-order valence-corrected chi connectivity index (χ4v) is 5.43. The van der Waals surface area contributed by atoms with Crippen molar-refractivity contribution in [1.29, 1.82) is 0 Å². The van der Waals surface area contributed by atoms with E-state index < -0.39 is 44.9 Å². The summed E-state index contributed by atoms with van der Waals surface area (Å²) in [5.41, 5.74) is 3.12. The molecule has 0 aromatic heterocycles. The summed E-state index contributed by atoms with van der Waals surface area (Å²) in [5, 5.41) is 10.9. The average Bonchev–Trinajstić information content (AvgIpc) is 2.95. The molecule has 40 heavy (non-hydrogen) atoms. The number of aliphatic hydroxyl groups is 1. The minimum Gasteiger partial charge on any atom is -0.391 e. The highest BCUT2D eigenvalue weighted by atomic mass is 28.3. The third-order valence-electron chi connectivity index (χ3n) is 7.00. The molecule has 1 N–H and O–H groups in total. The van der Waals surface area contributed by atoms with Crippen LogP contribution in [0.3, 0.4) is 0 Å². The Balaban J connectivity index is 1.62. The van der Waals surface area contributed by atoms with Crippen LogP contribution in [-0.2, 0) is 43.5 Å². The van der Waals surface area contributed by atoms with Crippen molar-refractivity contribution in [3.05, 3.63) is 108 Å². The molecule has 1 heterocycles. The average molecular weight is 565 g/mol. The molecule has 0 aliphatic carbocycles. The van der Waals surface area contributed by atoms with Crippen molar-refractivity contribution >= 4 is 8.07 Å². The Kier molecular flexibility index (Phi) is 11.5. The Morgan fingerprint density at radius 2 is 1.07 bits per heavy atom. The number of hydrogen-bond donors (Lipinski definition) is 1. The predicted molar refractivity (Wildman–Crippen MR) is 160 cm³/mol. The van der Waals surface area contributed by atoms with Gasteiger partial charge in [-0.3, -0.25) is 0 Å². The van der Waals surface area contributed by atoms with E-state index in [1.165, 1.54) is 0 Å². The zero-order valence-corrected chi connectivity index (χ0v) is 25.1. The summed E-state index contributed by atoms with van der Waals surface area (Å²) in [6.07, 6.45) is -3.86. The van der Waals surface area contributed by atoms with Crippen molar-refractivity contribution in [3.8, 4) is 0 Å². The highest BCUT2D eigenvalue weighted by Crippen LogP contribution is 2.33. The first kappa shape index (κ1) is 30.6. The van der Waals surface area contributed by atoms with Gasteiger partial charge in [-0.1, -0.05) is 111 Å². The van der Waals surface area contributed by atoms with Crippen LogP contribution < -0.4 is 0 Å². The SMILES string of the molecule is C[C@@H](O)[C@H]1O[C@@H](OCC[Si](C)(C)C)[C@H](OCc2ccccc2)[C@@H](OCc2ccccc2)[C@H]1OCc1ccccc1. The number of aliphatic hydroxyl groups excluding tert-OH is 1. The zero-order valence-electron chi connectivity index (χ0n) is 24.1. The van der Waals surface area contributed by atoms with E-state index in [1.807, 2.05) is 91.0 Å². The maximum Gasteiger partial charge on any atom is 0.186 e. The molecular weight excluding hydrogens is 520 g/mol. The van der Waals surface area contributed by atoms with Gasteiger partial charge >= 0.3 is 0 Å². The first-order chi connectivity index (χ1) is 19.3. The van der Waals surface area contributed by atoms with E-state index in [0.717, 1.165) is 22.7 Å². The van der Waals surface area contributed by atoms with Crippen LogP contribution in [0.25, 0.3) is 0 Å². The lowest BCUT2D eigenvalue weighted by atomic mass is 9.94. The standard InChI is InChI=1S/C33H44O6Si/c1-25(34)29-30(36-22-26-14-8-5-9-15-26)31(37-23-27-16-10-6-11-17-27)32(38-24-28-18-12-7-13-19-28)33(39-29)35-20-21-40(2,3)4/h5-19,25,29-34H,20-24H2,1-4H3/t25-,29-,30+,31+,32-,33-/m1/s1. The molecule has 0 radical (unpaired) electrons. The Morgan fingerprint density at radius 1 is 0.650 bits per heavy atom. The lowest BCUT2D eigenvalue weighted by Gasteiger charge is -2.47. The van der Waals surface area contributed by atoms with Crippen LogP contribution in [-0.4, -0.2) is 56.6 Å². The molecule has 0 amide bonds. The molecule has 1 aliphatic rings. The van der Waals surface area contributed by atoms with Crippen LogP contribution in [0.1, 0.15) is 23.6 Å². The van der Waals surface area contributed by atoms with Gasteiger partial charge in [0.1, 0.15) is 24.4 Å². The summed E-state index contributed by atoms with van der Waals surface area (Å²) in [5.74, 6) is 0. The van der Waals surface area contributed by atoms with Crippen LogP contribution >= 0.6 is 0 Å². The largest absolute Gasteiger partial charge is 0.391 e. The van der Waals surface area contributed by atoms with Gasteiger partial charge in [-0.05, 0) is 29.7 Å². The minimum atomic E-state index is -1.34. The van der Waals surface area contributed by atoms with Gasteiger partial charge in [0, 0.05) is 14.7 Å². The molecule has 0 unspecified atom stereocenters. The quantitative estimate of drug-likeness (QED) is 0.235. The first-order valence-electron chi connectivity index (χ1n) is 14.2. The van der Waals surface area contributed by atoms with Crippen LogP contribution in [0, 0.1) is 0 Å². The van der Waals surface area contributed by atoms with Crippen molar-refractivity contribution in [2.45, 2.75) is 89.2 Å². The lowest BCUT2D eigenvalue weighted by molar-refractivity contribution is -0.332. The molecule has 1 aliphatic heterocycles. The molecule has 6 atom stereocenters. The Bertz CT molecular complexity index is 1110. The summed E-state index contributed by atoms with van der Waals surface area (Å²) in [4.78, 5) is 0. The fourth-order valence-electron chi connectivity index (χ4n) is 4.69. The van der Waals surface area contributed by atoms with Crippen molar-refractivity contribution < 1.29 is 28.8 Å². The Labute approximate surface area is 240 Å². The van der Waals surface area contributed by atoms with Crippen molar-refractivity contribution in [1.82, 2.24) is 0 Å². The molecule has 1 fully saturated rings. The van der Waals surface area contributed by atoms with E-state index >= 15 is 0 Å². The van der Waals surface area contributed by atoms with Crippen molar-refractivity contribution in [2.24, 2.45) is 0 Å². The third kappa shape index (κ3) is 9.35. The summed E-state index contributed by atoms with van der Waals surface area (Å²) >= 11 is 0. The topological polar surface area (TPSA) is 66.4 Å². The molecule has 216 valence electrons. The number of hydrogen-bond acceptors (Lipinski definition) is 6. The molecule has 4 rings (SSSR count). The predicted octanol–water partition coefficient (Wildman–Crippen LogP) is 6.20. The number of rotatable bonds is 14. The van der Waals surface area contributed by atoms with Gasteiger partial charge in [0.15, 0.2) is 6.29 Å². The monoisotopic (exact) mass is 564 g/mol. The Hall–Kier alpha value is -2.36. The molecule has 3 aromatic carbocycles. The molecule has 3 aromatic rings. The van der Waals surface area contributed by atoms with E-state index in [4.69, 9.17) is 23.7 Å². The van der Waals surface area contributed by atoms with Crippen LogP contribution in [0.4, 0.5) is 0 Å². The fraction of sp³-hybridized carbons (Fsp3) is 0.455. The number of ether oxygens (including phenoxy) is 5. The van der Waals surface area contributed by atoms with Crippen LogP contribution in [0.2, 0.25) is 25.7 Å². The normalized spacial score (nSPS) is 24.1. The lowest BCUT2D eigenvalue weighted by Crippen LogP contribution is -2.63. The molecule has 6 nitrogen and oxygen atoms in total. The molecule has 1 saturated heterocycles. The number of benzene rings is 3. The van der Waals surface area contributed by atoms with E-state index in [-0.39, 0.29) is 0 Å². The summed E-state index contributed by atoms with van der Waals surface area (Å²) in [6, 6.07) is 31.1. The van der Waals surface area contributed by atoms with E-state index in [1.54, 1.807) is 6.92 Å². The van der Waals surface area contributed by atoms with E-state index in [0.29, 0.717) is 26.4 Å². The van der Waals surface area contributed by atoms with Crippen LogP contribution in [0.15, 0.2) is 91.0 Å². The highest BCUT2D eigenvalue weighted by Gasteiger charge is 2.50. The van der Waals surface area contributed by atoms with Gasteiger partial charge in [0.05, 0.1) is 25.9 Å².